The van der Waals surface area contributed by atoms with E-state index in [0.29, 0.717) is 0 Å². The number of benzene rings is 1. The van der Waals surface area contributed by atoms with Crippen LogP contribution >= 0.6 is 11.8 Å². The first-order valence-electron chi connectivity index (χ1n) is 4.40. The van der Waals surface area contributed by atoms with Crippen LogP contribution in [0.3, 0.4) is 0 Å². The molecule has 1 aromatic rings. The number of thioether (sulfide) groups is 1. The number of nitrogens with zero attached hydrogens (tertiary/aromatic N) is 1. The van der Waals surface area contributed by atoms with Gasteiger partial charge >= 0.3 is 0 Å². The molecule has 0 spiro atoms. The fourth-order valence-electron chi connectivity index (χ4n) is 1.51. The second kappa shape index (κ2) is 3.90. The SMILES string of the molecule is CN1c2ccc(S(=O)(=O)O)cc2SC1NN. The van der Waals surface area contributed by atoms with Crippen molar-refractivity contribution in [3.05, 3.63) is 18.2 Å². The Morgan fingerprint density at radius 3 is 2.81 bits per heavy atom. The molecule has 0 fully saturated rings. The zero-order chi connectivity index (χ0) is 11.9. The van der Waals surface area contributed by atoms with Crippen LogP contribution in [0.15, 0.2) is 28.0 Å². The van der Waals surface area contributed by atoms with Crippen molar-refractivity contribution in [2.24, 2.45) is 5.84 Å². The van der Waals surface area contributed by atoms with Crippen molar-refractivity contribution < 1.29 is 13.0 Å². The summed E-state index contributed by atoms with van der Waals surface area (Å²) in [6.07, 6.45) is 0. The summed E-state index contributed by atoms with van der Waals surface area (Å²) in [5, 5.41) is 0. The van der Waals surface area contributed by atoms with Gasteiger partial charge in [-0.05, 0) is 18.2 Å². The first kappa shape index (κ1) is 11.7. The van der Waals surface area contributed by atoms with E-state index in [1.165, 1.54) is 23.9 Å². The zero-order valence-corrected chi connectivity index (χ0v) is 10.0. The van der Waals surface area contributed by atoms with Crippen molar-refractivity contribution >= 4 is 27.6 Å². The smallest absolute Gasteiger partial charge is 0.294 e. The molecule has 4 N–H and O–H groups in total. The highest BCUT2D eigenvalue weighted by atomic mass is 32.2. The van der Waals surface area contributed by atoms with E-state index in [2.05, 4.69) is 5.43 Å². The van der Waals surface area contributed by atoms with Gasteiger partial charge in [-0.2, -0.15) is 8.42 Å². The Kier molecular flexibility index (Phi) is 2.84. The summed E-state index contributed by atoms with van der Waals surface area (Å²) in [7, 11) is -2.31. The minimum Gasteiger partial charge on any atom is -0.348 e. The van der Waals surface area contributed by atoms with Crippen LogP contribution < -0.4 is 16.2 Å². The third kappa shape index (κ3) is 1.89. The van der Waals surface area contributed by atoms with Crippen molar-refractivity contribution in [2.45, 2.75) is 15.3 Å². The molecule has 88 valence electrons. The predicted octanol–water partition coefficient (Wildman–Crippen LogP) is 0.222. The van der Waals surface area contributed by atoms with E-state index in [1.54, 1.807) is 6.07 Å². The maximum Gasteiger partial charge on any atom is 0.294 e. The Bertz CT molecular complexity index is 517. The molecule has 6 nitrogen and oxygen atoms in total. The van der Waals surface area contributed by atoms with Crippen LogP contribution in [0.25, 0.3) is 0 Å². The lowest BCUT2D eigenvalue weighted by Gasteiger charge is -2.19. The van der Waals surface area contributed by atoms with Crippen molar-refractivity contribution in [2.75, 3.05) is 11.9 Å². The summed E-state index contributed by atoms with van der Waals surface area (Å²) >= 11 is 1.39. The molecule has 1 unspecified atom stereocenters. The molecule has 0 radical (unpaired) electrons. The fraction of sp³-hybridized carbons (Fsp3) is 0.250. The van der Waals surface area contributed by atoms with Gasteiger partial charge in [-0.25, -0.2) is 5.43 Å². The summed E-state index contributed by atoms with van der Waals surface area (Å²) in [6, 6.07) is 4.44. The maximum absolute atomic E-state index is 11.0. The Morgan fingerprint density at radius 1 is 1.56 bits per heavy atom. The van der Waals surface area contributed by atoms with Gasteiger partial charge in [0.15, 0.2) is 0 Å². The number of fused-ring (bicyclic) bond motifs is 1. The number of rotatable bonds is 2. The first-order valence-corrected chi connectivity index (χ1v) is 6.72. The molecule has 0 aromatic heterocycles. The van der Waals surface area contributed by atoms with E-state index in [1.807, 2.05) is 11.9 Å². The van der Waals surface area contributed by atoms with Crippen LogP contribution in [-0.4, -0.2) is 25.5 Å². The second-order valence-electron chi connectivity index (χ2n) is 3.35. The molecule has 0 saturated carbocycles. The molecule has 0 saturated heterocycles. The van der Waals surface area contributed by atoms with Crippen molar-refractivity contribution in [1.29, 1.82) is 0 Å². The van der Waals surface area contributed by atoms with Gasteiger partial charge in [0, 0.05) is 11.9 Å². The summed E-state index contributed by atoms with van der Waals surface area (Å²) in [4.78, 5) is 2.54. The molecule has 2 rings (SSSR count). The van der Waals surface area contributed by atoms with Crippen LogP contribution in [0.2, 0.25) is 0 Å². The van der Waals surface area contributed by atoms with Gasteiger partial charge in [-0.1, -0.05) is 11.8 Å². The standard InChI is InChI=1S/C8H11N3O3S2/c1-11-6-3-2-5(16(12,13)14)4-7(6)15-8(11)10-9/h2-4,8,10H,9H2,1H3,(H,12,13,14). The Hall–Kier alpha value is -0.800. The molecule has 0 amide bonds. The number of nitrogens with two attached hydrogens (primary N) is 1. The lowest BCUT2D eigenvalue weighted by molar-refractivity contribution is 0.483. The molecule has 0 bridgehead atoms. The van der Waals surface area contributed by atoms with E-state index in [0.717, 1.165) is 10.6 Å². The van der Waals surface area contributed by atoms with E-state index < -0.39 is 10.1 Å². The highest BCUT2D eigenvalue weighted by Gasteiger charge is 2.27. The molecule has 1 aliphatic rings. The van der Waals surface area contributed by atoms with Gasteiger partial charge in [0.25, 0.3) is 10.1 Å². The van der Waals surface area contributed by atoms with Crippen LogP contribution in [-0.2, 0) is 10.1 Å². The fourth-order valence-corrected chi connectivity index (χ4v) is 3.20. The van der Waals surface area contributed by atoms with E-state index >= 15 is 0 Å². The van der Waals surface area contributed by atoms with Crippen molar-refractivity contribution in [3.8, 4) is 0 Å². The van der Waals surface area contributed by atoms with Crippen molar-refractivity contribution in [3.63, 3.8) is 0 Å². The topological polar surface area (TPSA) is 95.7 Å². The third-order valence-electron chi connectivity index (χ3n) is 2.34. The molecule has 16 heavy (non-hydrogen) atoms. The first-order chi connectivity index (χ1) is 7.43. The van der Waals surface area contributed by atoms with Crippen LogP contribution in [0.1, 0.15) is 0 Å². The number of hydrazine groups is 1. The highest BCUT2D eigenvalue weighted by Crippen LogP contribution is 2.41. The van der Waals surface area contributed by atoms with Crippen LogP contribution in [0, 0.1) is 0 Å². The van der Waals surface area contributed by atoms with E-state index in [4.69, 9.17) is 10.4 Å². The Balaban J connectivity index is 2.45. The van der Waals surface area contributed by atoms with Gasteiger partial charge in [0.1, 0.15) is 5.50 Å². The molecule has 1 atom stereocenters. The van der Waals surface area contributed by atoms with Gasteiger partial charge in [0.05, 0.1) is 10.6 Å². The maximum atomic E-state index is 11.0. The van der Waals surface area contributed by atoms with Gasteiger partial charge in [0.2, 0.25) is 0 Å². The predicted molar refractivity (Wildman–Crippen MR) is 61.6 cm³/mol. The minimum absolute atomic E-state index is 0.107. The van der Waals surface area contributed by atoms with E-state index in [9.17, 15) is 8.42 Å². The molecule has 0 aliphatic carbocycles. The van der Waals surface area contributed by atoms with Gasteiger partial charge < -0.3 is 4.90 Å². The number of hydrogen-bond donors (Lipinski definition) is 3. The Labute approximate surface area is 97.5 Å². The largest absolute Gasteiger partial charge is 0.348 e. The lowest BCUT2D eigenvalue weighted by atomic mass is 10.3. The number of nitrogens with one attached hydrogen (secondary N) is 1. The number of anilines is 1. The third-order valence-corrected chi connectivity index (χ3v) is 4.45. The summed E-state index contributed by atoms with van der Waals surface area (Å²) in [5.74, 6) is 5.35. The Morgan fingerprint density at radius 2 is 2.25 bits per heavy atom. The molecule has 1 aliphatic heterocycles. The second-order valence-corrected chi connectivity index (χ2v) is 5.90. The summed E-state index contributed by atoms with van der Waals surface area (Å²) < 4.78 is 30.8. The van der Waals surface area contributed by atoms with Gasteiger partial charge in [-0.15, -0.1) is 0 Å². The quantitative estimate of drug-likeness (QED) is 0.398. The summed E-state index contributed by atoms with van der Waals surface area (Å²) in [5.41, 5.74) is 3.34. The molecule has 1 aromatic carbocycles. The minimum atomic E-state index is -4.15. The van der Waals surface area contributed by atoms with Crippen LogP contribution in [0.4, 0.5) is 5.69 Å². The normalized spacial score (nSPS) is 19.9. The monoisotopic (exact) mass is 261 g/mol. The van der Waals surface area contributed by atoms with Crippen LogP contribution in [0.5, 0.6) is 0 Å². The van der Waals surface area contributed by atoms with Crippen molar-refractivity contribution in [1.82, 2.24) is 5.43 Å². The number of hydrogen-bond acceptors (Lipinski definition) is 6. The average molecular weight is 261 g/mol. The zero-order valence-electron chi connectivity index (χ0n) is 8.41. The average Bonchev–Trinajstić information content (AvgIpc) is 2.54. The molecule has 8 heteroatoms. The van der Waals surface area contributed by atoms with Gasteiger partial charge in [-0.3, -0.25) is 10.4 Å². The highest BCUT2D eigenvalue weighted by molar-refractivity contribution is 8.00. The summed E-state index contributed by atoms with van der Waals surface area (Å²) in [6.45, 7) is 0. The molecular formula is C8H11N3O3S2. The lowest BCUT2D eigenvalue weighted by Crippen LogP contribution is -2.42. The molecule has 1 heterocycles. The van der Waals surface area contributed by atoms with E-state index in [-0.39, 0.29) is 10.4 Å². The molecular weight excluding hydrogens is 250 g/mol.